The van der Waals surface area contributed by atoms with Gasteiger partial charge in [-0.3, -0.25) is 9.69 Å². The molecule has 0 radical (unpaired) electrons. The van der Waals surface area contributed by atoms with E-state index in [0.717, 1.165) is 19.5 Å². The minimum Gasteiger partial charge on any atom is -0.395 e. The van der Waals surface area contributed by atoms with Crippen LogP contribution in [0, 0.1) is 0 Å². The van der Waals surface area contributed by atoms with Gasteiger partial charge in [0, 0.05) is 30.7 Å². The summed E-state index contributed by atoms with van der Waals surface area (Å²) >= 11 is 1.40. The largest absolute Gasteiger partial charge is 0.395 e. The fraction of sp³-hybridized carbons (Fsp3) is 0.667. The van der Waals surface area contributed by atoms with Crippen molar-refractivity contribution >= 4 is 22.4 Å². The Hall–Kier alpha value is -1.02. The number of hydrogen-bond acceptors (Lipinski definition) is 6. The Labute approximate surface area is 116 Å². The van der Waals surface area contributed by atoms with Gasteiger partial charge in [0.05, 0.1) is 13.2 Å². The number of hydrogen-bond donors (Lipinski definition) is 3. The molecule has 1 aliphatic heterocycles. The molecule has 0 aliphatic carbocycles. The maximum absolute atomic E-state index is 11.9. The first-order valence-corrected chi connectivity index (χ1v) is 7.42. The van der Waals surface area contributed by atoms with Crippen LogP contribution in [0.25, 0.3) is 0 Å². The number of rotatable bonds is 7. The molecule has 1 fully saturated rings. The topological polar surface area (TPSA) is 77.5 Å². The molecule has 1 atom stereocenters. The number of nitrogens with one attached hydrogen (secondary N) is 2. The summed E-state index contributed by atoms with van der Waals surface area (Å²) < 4.78 is 0. The molecule has 19 heavy (non-hydrogen) atoms. The highest BCUT2D eigenvalue weighted by atomic mass is 32.1. The summed E-state index contributed by atoms with van der Waals surface area (Å²) in [6, 6.07) is 0.430. The van der Waals surface area contributed by atoms with Gasteiger partial charge in [0.25, 0.3) is 0 Å². The van der Waals surface area contributed by atoms with Crippen LogP contribution in [-0.4, -0.2) is 59.7 Å². The first-order chi connectivity index (χ1) is 9.28. The van der Waals surface area contributed by atoms with Crippen molar-refractivity contribution in [3.8, 4) is 0 Å². The molecular weight excluding hydrogens is 264 g/mol. The van der Waals surface area contributed by atoms with Gasteiger partial charge in [-0.05, 0) is 19.4 Å². The lowest BCUT2D eigenvalue weighted by Crippen LogP contribution is -2.42. The van der Waals surface area contributed by atoms with Crippen molar-refractivity contribution in [2.45, 2.75) is 18.9 Å². The van der Waals surface area contributed by atoms with Gasteiger partial charge in [0.15, 0.2) is 5.13 Å². The number of thiazole rings is 1. The van der Waals surface area contributed by atoms with Gasteiger partial charge in [0.2, 0.25) is 5.91 Å². The molecule has 1 aromatic heterocycles. The van der Waals surface area contributed by atoms with Crippen LogP contribution < -0.4 is 10.6 Å². The third kappa shape index (κ3) is 4.87. The molecule has 2 heterocycles. The van der Waals surface area contributed by atoms with E-state index in [2.05, 4.69) is 15.6 Å². The van der Waals surface area contributed by atoms with Crippen molar-refractivity contribution in [1.82, 2.24) is 15.2 Å². The number of aliphatic hydroxyl groups excluding tert-OH is 1. The Bertz CT molecular complexity index is 379. The predicted molar refractivity (Wildman–Crippen MR) is 75.3 cm³/mol. The summed E-state index contributed by atoms with van der Waals surface area (Å²) in [4.78, 5) is 17.9. The van der Waals surface area contributed by atoms with E-state index in [4.69, 9.17) is 5.11 Å². The Morgan fingerprint density at radius 1 is 1.68 bits per heavy atom. The lowest BCUT2D eigenvalue weighted by atomic mass is 10.2. The molecule has 1 saturated heterocycles. The van der Waals surface area contributed by atoms with E-state index in [1.54, 1.807) is 6.20 Å². The minimum atomic E-state index is -0.0820. The normalized spacial score (nSPS) is 18.9. The molecule has 0 bridgehead atoms. The molecule has 6 nitrogen and oxygen atoms in total. The highest BCUT2D eigenvalue weighted by molar-refractivity contribution is 7.13. The fourth-order valence-corrected chi connectivity index (χ4v) is 2.79. The third-order valence-corrected chi connectivity index (χ3v) is 3.79. The van der Waals surface area contributed by atoms with Crippen LogP contribution in [0.4, 0.5) is 5.13 Å². The molecule has 3 N–H and O–H groups in total. The minimum absolute atomic E-state index is 0.0667. The smallest absolute Gasteiger partial charge is 0.240 e. The van der Waals surface area contributed by atoms with Gasteiger partial charge in [-0.2, -0.15) is 0 Å². The molecule has 1 unspecified atom stereocenters. The Morgan fingerprint density at radius 2 is 2.58 bits per heavy atom. The van der Waals surface area contributed by atoms with Crippen molar-refractivity contribution in [2.24, 2.45) is 0 Å². The Morgan fingerprint density at radius 3 is 3.21 bits per heavy atom. The average Bonchev–Trinajstić information content (AvgIpc) is 3.02. The standard InChI is InChI=1S/C12H20N4O2S/c17-6-5-16(8-10-2-1-3-13-10)9-11(18)15-12-14-4-7-19-12/h4,7,10,13,17H,1-3,5-6,8-9H2,(H,14,15,18). The van der Waals surface area contributed by atoms with E-state index in [-0.39, 0.29) is 19.1 Å². The first kappa shape index (κ1) is 14.4. The zero-order valence-corrected chi connectivity index (χ0v) is 11.7. The van der Waals surface area contributed by atoms with Gasteiger partial charge in [-0.15, -0.1) is 11.3 Å². The monoisotopic (exact) mass is 284 g/mol. The van der Waals surface area contributed by atoms with Crippen LogP contribution in [0.5, 0.6) is 0 Å². The van der Waals surface area contributed by atoms with Crippen LogP contribution >= 0.6 is 11.3 Å². The predicted octanol–water partition coefficient (Wildman–Crippen LogP) is 0.128. The lowest BCUT2D eigenvalue weighted by Gasteiger charge is -2.24. The van der Waals surface area contributed by atoms with Crippen molar-refractivity contribution in [2.75, 3.05) is 38.1 Å². The van der Waals surface area contributed by atoms with E-state index in [1.807, 2.05) is 10.3 Å². The number of aromatic nitrogens is 1. The highest BCUT2D eigenvalue weighted by Crippen LogP contribution is 2.10. The molecule has 1 aromatic rings. The molecule has 0 aromatic carbocycles. The second-order valence-corrected chi connectivity index (χ2v) is 5.53. The highest BCUT2D eigenvalue weighted by Gasteiger charge is 2.19. The number of nitrogens with zero attached hydrogens (tertiary/aromatic N) is 2. The SMILES string of the molecule is O=C(CN(CCO)CC1CCCN1)Nc1nccs1. The molecule has 106 valence electrons. The molecule has 1 amide bonds. The van der Waals surface area contributed by atoms with Crippen LogP contribution in [0.15, 0.2) is 11.6 Å². The van der Waals surface area contributed by atoms with E-state index in [1.165, 1.54) is 17.8 Å². The number of carbonyl (C=O) groups is 1. The van der Waals surface area contributed by atoms with E-state index >= 15 is 0 Å². The molecule has 2 rings (SSSR count). The van der Waals surface area contributed by atoms with Gasteiger partial charge in [-0.1, -0.05) is 0 Å². The molecule has 1 aliphatic rings. The van der Waals surface area contributed by atoms with Gasteiger partial charge < -0.3 is 15.7 Å². The summed E-state index contributed by atoms with van der Waals surface area (Å²) in [5.41, 5.74) is 0. The Kier molecular flexibility index (Phi) is 5.71. The number of carbonyl (C=O) groups excluding carboxylic acids is 1. The second kappa shape index (κ2) is 7.54. The Balaban J connectivity index is 1.79. The van der Waals surface area contributed by atoms with Crippen LogP contribution in [0.1, 0.15) is 12.8 Å². The molecule has 0 spiro atoms. The zero-order chi connectivity index (χ0) is 13.5. The van der Waals surface area contributed by atoms with E-state index < -0.39 is 0 Å². The maximum atomic E-state index is 11.9. The van der Waals surface area contributed by atoms with Crippen molar-refractivity contribution in [3.05, 3.63) is 11.6 Å². The number of anilines is 1. The molecular formula is C12H20N4O2S. The van der Waals surface area contributed by atoms with E-state index in [0.29, 0.717) is 17.7 Å². The molecule has 0 saturated carbocycles. The van der Waals surface area contributed by atoms with Crippen molar-refractivity contribution in [1.29, 1.82) is 0 Å². The summed E-state index contributed by atoms with van der Waals surface area (Å²) in [5, 5.41) is 17.7. The molecule has 7 heteroatoms. The number of aliphatic hydroxyl groups is 1. The second-order valence-electron chi connectivity index (χ2n) is 4.64. The summed E-state index contributed by atoms with van der Waals surface area (Å²) in [6.45, 7) is 2.72. The van der Waals surface area contributed by atoms with Crippen LogP contribution in [0.3, 0.4) is 0 Å². The summed E-state index contributed by atoms with van der Waals surface area (Å²) in [7, 11) is 0. The van der Waals surface area contributed by atoms with E-state index in [9.17, 15) is 4.79 Å². The quantitative estimate of drug-likeness (QED) is 0.663. The van der Waals surface area contributed by atoms with Gasteiger partial charge >= 0.3 is 0 Å². The number of amides is 1. The van der Waals surface area contributed by atoms with Gasteiger partial charge in [0.1, 0.15) is 0 Å². The first-order valence-electron chi connectivity index (χ1n) is 6.54. The fourth-order valence-electron chi connectivity index (χ4n) is 2.25. The van der Waals surface area contributed by atoms with Crippen LogP contribution in [0.2, 0.25) is 0 Å². The van der Waals surface area contributed by atoms with Crippen molar-refractivity contribution in [3.63, 3.8) is 0 Å². The summed E-state index contributed by atoms with van der Waals surface area (Å²) in [5.74, 6) is -0.0820. The third-order valence-electron chi connectivity index (χ3n) is 3.10. The summed E-state index contributed by atoms with van der Waals surface area (Å²) in [6.07, 6.45) is 3.98. The van der Waals surface area contributed by atoms with Crippen molar-refractivity contribution < 1.29 is 9.90 Å². The van der Waals surface area contributed by atoms with Gasteiger partial charge in [-0.25, -0.2) is 4.98 Å². The zero-order valence-electron chi connectivity index (χ0n) is 10.8. The average molecular weight is 284 g/mol. The van der Waals surface area contributed by atoms with Crippen LogP contribution in [-0.2, 0) is 4.79 Å². The lowest BCUT2D eigenvalue weighted by molar-refractivity contribution is -0.117. The maximum Gasteiger partial charge on any atom is 0.240 e.